The molecule has 1 unspecified atom stereocenters. The van der Waals surface area contributed by atoms with Gasteiger partial charge < -0.3 is 19.8 Å². The average molecular weight is 485 g/mol. The second kappa shape index (κ2) is 9.30. The first-order valence-electron chi connectivity index (χ1n) is 9.89. The monoisotopic (exact) mass is 484 g/mol. The van der Waals surface area contributed by atoms with E-state index >= 15 is 0 Å². The van der Waals surface area contributed by atoms with Gasteiger partial charge in [0, 0.05) is 16.3 Å². The van der Waals surface area contributed by atoms with Crippen molar-refractivity contribution >= 4 is 23.3 Å². The van der Waals surface area contributed by atoms with Gasteiger partial charge in [0.2, 0.25) is 5.91 Å². The highest BCUT2D eigenvalue weighted by molar-refractivity contribution is 7.10. The second-order valence-corrected chi connectivity index (χ2v) is 9.15. The number of alkyl carbamates (subject to hydrolysis) is 1. The summed E-state index contributed by atoms with van der Waals surface area (Å²) in [5, 5.41) is 10.4. The molecule has 0 saturated heterocycles. The SMILES string of the molecule is CC(NC(=O)OC(C)(C)C)C(=O)NCc1cc(-n2nc(C(F)(F)F)cc2-c2ccco2)cs1. The van der Waals surface area contributed by atoms with Crippen LogP contribution in [0.3, 0.4) is 0 Å². The minimum Gasteiger partial charge on any atom is -0.463 e. The fourth-order valence-electron chi connectivity index (χ4n) is 2.77. The quantitative estimate of drug-likeness (QED) is 0.527. The van der Waals surface area contributed by atoms with E-state index in [4.69, 9.17) is 9.15 Å². The Morgan fingerprint density at radius 3 is 2.61 bits per heavy atom. The molecule has 3 rings (SSSR count). The lowest BCUT2D eigenvalue weighted by Crippen LogP contribution is -2.46. The number of aromatic nitrogens is 2. The molecule has 0 fully saturated rings. The molecule has 2 amide bonds. The molecule has 0 aromatic carbocycles. The van der Waals surface area contributed by atoms with Crippen LogP contribution < -0.4 is 10.6 Å². The third kappa shape index (κ3) is 6.37. The topological polar surface area (TPSA) is 98.4 Å². The van der Waals surface area contributed by atoms with Crippen LogP contribution in [0.1, 0.15) is 38.3 Å². The second-order valence-electron chi connectivity index (χ2n) is 8.16. The maximum absolute atomic E-state index is 13.2. The van der Waals surface area contributed by atoms with Crippen LogP contribution >= 0.6 is 11.3 Å². The molecule has 2 N–H and O–H groups in total. The minimum atomic E-state index is -4.61. The van der Waals surface area contributed by atoms with E-state index in [0.717, 1.165) is 10.7 Å². The van der Waals surface area contributed by atoms with E-state index < -0.39 is 35.5 Å². The van der Waals surface area contributed by atoms with Crippen molar-refractivity contribution in [2.24, 2.45) is 0 Å². The highest BCUT2D eigenvalue weighted by Crippen LogP contribution is 2.34. The van der Waals surface area contributed by atoms with Crippen molar-refractivity contribution in [1.82, 2.24) is 20.4 Å². The van der Waals surface area contributed by atoms with Crippen LogP contribution in [0.2, 0.25) is 0 Å². The van der Waals surface area contributed by atoms with Gasteiger partial charge in [-0.25, -0.2) is 9.48 Å². The molecule has 0 saturated carbocycles. The van der Waals surface area contributed by atoms with Crippen molar-refractivity contribution in [3.05, 3.63) is 46.5 Å². The fourth-order valence-corrected chi connectivity index (χ4v) is 3.55. The number of furan rings is 1. The zero-order valence-electron chi connectivity index (χ0n) is 18.3. The Hall–Kier alpha value is -3.28. The number of rotatable bonds is 6. The molecule has 8 nitrogen and oxygen atoms in total. The summed E-state index contributed by atoms with van der Waals surface area (Å²) in [6.45, 7) is 6.76. The molecule has 0 aliphatic carbocycles. The van der Waals surface area contributed by atoms with E-state index in [1.807, 2.05) is 0 Å². The molecule has 0 radical (unpaired) electrons. The van der Waals surface area contributed by atoms with Crippen LogP contribution in [0, 0.1) is 0 Å². The number of nitrogens with zero attached hydrogens (tertiary/aromatic N) is 2. The number of halogens is 3. The van der Waals surface area contributed by atoms with Crippen molar-refractivity contribution < 1.29 is 31.9 Å². The normalized spacial score (nSPS) is 12.9. The van der Waals surface area contributed by atoms with Crippen LogP contribution in [-0.2, 0) is 22.3 Å². The summed E-state index contributed by atoms with van der Waals surface area (Å²) in [7, 11) is 0. The molecular formula is C21H23F3N4O4S. The van der Waals surface area contributed by atoms with Gasteiger partial charge in [-0.3, -0.25) is 4.79 Å². The Kier molecular flexibility index (Phi) is 6.86. The zero-order chi connectivity index (χ0) is 24.4. The lowest BCUT2D eigenvalue weighted by Gasteiger charge is -2.21. The molecule has 3 aromatic heterocycles. The van der Waals surface area contributed by atoms with E-state index in [9.17, 15) is 22.8 Å². The maximum atomic E-state index is 13.2. The van der Waals surface area contributed by atoms with Gasteiger partial charge in [-0.1, -0.05) is 0 Å². The number of hydrogen-bond donors (Lipinski definition) is 2. The van der Waals surface area contributed by atoms with E-state index in [1.165, 1.54) is 24.5 Å². The first-order valence-corrected chi connectivity index (χ1v) is 10.8. The number of alkyl halides is 3. The number of ether oxygens (including phenoxy) is 1. The van der Waals surface area contributed by atoms with Gasteiger partial charge in [-0.15, -0.1) is 11.3 Å². The predicted molar refractivity (Wildman–Crippen MR) is 115 cm³/mol. The molecule has 33 heavy (non-hydrogen) atoms. The molecule has 1 atom stereocenters. The third-order valence-electron chi connectivity index (χ3n) is 4.22. The molecule has 3 aromatic rings. The van der Waals surface area contributed by atoms with Crippen molar-refractivity contribution in [3.63, 3.8) is 0 Å². The van der Waals surface area contributed by atoms with Crippen LogP contribution in [0.25, 0.3) is 17.1 Å². The van der Waals surface area contributed by atoms with Crippen LogP contribution in [0.4, 0.5) is 18.0 Å². The summed E-state index contributed by atoms with van der Waals surface area (Å²) in [6, 6.07) is 4.81. The standard InChI is InChI=1S/C21H23F3N4O4S/c1-12(26-19(30)32-20(2,3)4)18(29)25-10-14-8-13(11-33-14)28-15(16-6-5-7-31-16)9-17(27-28)21(22,23)24/h5-9,11-12H,10H2,1-4H3,(H,25,29)(H,26,30). The van der Waals surface area contributed by atoms with Gasteiger partial charge in [0.1, 0.15) is 17.3 Å². The van der Waals surface area contributed by atoms with Crippen LogP contribution in [0.5, 0.6) is 0 Å². The average Bonchev–Trinajstić information content (AvgIpc) is 3.42. The predicted octanol–water partition coefficient (Wildman–Crippen LogP) is 4.74. The Labute approximate surface area is 191 Å². The Morgan fingerprint density at radius 1 is 1.27 bits per heavy atom. The van der Waals surface area contributed by atoms with Gasteiger partial charge in [-0.2, -0.15) is 18.3 Å². The van der Waals surface area contributed by atoms with Crippen molar-refractivity contribution in [3.8, 4) is 17.1 Å². The maximum Gasteiger partial charge on any atom is 0.435 e. The number of hydrogen-bond acceptors (Lipinski definition) is 6. The molecule has 12 heteroatoms. The zero-order valence-corrected chi connectivity index (χ0v) is 19.1. The smallest absolute Gasteiger partial charge is 0.435 e. The molecule has 3 heterocycles. The number of thiophene rings is 1. The molecule has 0 bridgehead atoms. The Balaban J connectivity index is 1.69. The number of carbonyl (C=O) groups is 2. The third-order valence-corrected chi connectivity index (χ3v) is 5.15. The van der Waals surface area contributed by atoms with Gasteiger partial charge in [0.15, 0.2) is 11.5 Å². The number of nitrogens with one attached hydrogen (secondary N) is 2. The summed E-state index contributed by atoms with van der Waals surface area (Å²) in [5.41, 5.74) is -1.19. The van der Waals surface area contributed by atoms with E-state index in [-0.39, 0.29) is 18.0 Å². The Bertz CT molecular complexity index is 1110. The first kappa shape index (κ1) is 24.4. The lowest BCUT2D eigenvalue weighted by atomic mass is 10.2. The van der Waals surface area contributed by atoms with E-state index in [1.54, 1.807) is 44.4 Å². The largest absolute Gasteiger partial charge is 0.463 e. The highest BCUT2D eigenvalue weighted by atomic mass is 32.1. The van der Waals surface area contributed by atoms with Gasteiger partial charge in [0.25, 0.3) is 0 Å². The van der Waals surface area contributed by atoms with Gasteiger partial charge in [0.05, 0.1) is 18.5 Å². The molecule has 0 spiro atoms. The molecule has 0 aliphatic heterocycles. The van der Waals surface area contributed by atoms with Crippen molar-refractivity contribution in [1.29, 1.82) is 0 Å². The lowest BCUT2D eigenvalue weighted by molar-refractivity contribution is -0.141. The summed E-state index contributed by atoms with van der Waals surface area (Å²) in [6.07, 6.45) is -3.97. The van der Waals surface area contributed by atoms with Crippen LogP contribution in [0.15, 0.2) is 40.3 Å². The highest BCUT2D eigenvalue weighted by Gasteiger charge is 2.35. The first-order chi connectivity index (χ1) is 15.3. The summed E-state index contributed by atoms with van der Waals surface area (Å²) in [4.78, 5) is 24.8. The van der Waals surface area contributed by atoms with E-state index in [0.29, 0.717) is 10.6 Å². The fraction of sp³-hybridized carbons (Fsp3) is 0.381. The summed E-state index contributed by atoms with van der Waals surface area (Å²) in [5.74, 6) is -0.202. The molecule has 0 aliphatic rings. The number of carbonyl (C=O) groups excluding carboxylic acids is 2. The van der Waals surface area contributed by atoms with Gasteiger partial charge in [-0.05, 0) is 45.9 Å². The molecule has 178 valence electrons. The molecular weight excluding hydrogens is 461 g/mol. The van der Waals surface area contributed by atoms with Crippen molar-refractivity contribution in [2.45, 2.75) is 52.1 Å². The van der Waals surface area contributed by atoms with Crippen molar-refractivity contribution in [2.75, 3.05) is 0 Å². The van der Waals surface area contributed by atoms with Gasteiger partial charge >= 0.3 is 12.3 Å². The Morgan fingerprint density at radius 2 is 2.00 bits per heavy atom. The summed E-state index contributed by atoms with van der Waals surface area (Å²) < 4.78 is 51.2. The summed E-state index contributed by atoms with van der Waals surface area (Å²) >= 11 is 1.24. The minimum absolute atomic E-state index is 0.118. The van der Waals surface area contributed by atoms with E-state index in [2.05, 4.69) is 15.7 Å². The van der Waals surface area contributed by atoms with Crippen LogP contribution in [-0.4, -0.2) is 33.4 Å². The number of amides is 2.